The van der Waals surface area contributed by atoms with Crippen molar-refractivity contribution in [2.24, 2.45) is 11.3 Å². The Morgan fingerprint density at radius 2 is 1.85 bits per heavy atom. The van der Waals surface area contributed by atoms with Gasteiger partial charge in [-0.2, -0.15) is 0 Å². The van der Waals surface area contributed by atoms with E-state index >= 15 is 0 Å². The second-order valence-electron chi connectivity index (χ2n) is 6.47. The molecule has 0 radical (unpaired) electrons. The van der Waals surface area contributed by atoms with Crippen LogP contribution in [0.2, 0.25) is 0 Å². The fraction of sp³-hybridized carbons (Fsp3) is 0.389. The van der Waals surface area contributed by atoms with Crippen molar-refractivity contribution < 1.29 is 4.79 Å². The van der Waals surface area contributed by atoms with Crippen LogP contribution in [-0.4, -0.2) is 16.8 Å². The third kappa shape index (κ3) is 2.69. The van der Waals surface area contributed by atoms with Gasteiger partial charge in [-0.25, -0.2) is 0 Å². The zero-order valence-electron chi connectivity index (χ0n) is 12.8. The monoisotopic (exact) mass is 269 g/mol. The van der Waals surface area contributed by atoms with Crippen molar-refractivity contribution in [3.05, 3.63) is 47.4 Å². The third-order valence-electron chi connectivity index (χ3n) is 3.69. The predicted molar refractivity (Wildman–Crippen MR) is 84.1 cm³/mol. The molecule has 2 atom stereocenters. The quantitative estimate of drug-likeness (QED) is 0.716. The first kappa shape index (κ1) is 14.6. The molecule has 20 heavy (non-hydrogen) atoms. The van der Waals surface area contributed by atoms with Crippen LogP contribution in [0.3, 0.4) is 0 Å². The van der Waals surface area contributed by atoms with E-state index in [4.69, 9.17) is 0 Å². The maximum atomic E-state index is 12.7. The molecular formula is C18H23NO. The molecule has 0 aliphatic carbocycles. The average Bonchev–Trinajstić information content (AvgIpc) is 2.52. The second-order valence-corrected chi connectivity index (χ2v) is 6.47. The Balaban J connectivity index is 2.64. The Morgan fingerprint density at radius 1 is 1.25 bits per heavy atom. The number of hydrogen-bond donors (Lipinski definition) is 0. The standard InChI is InChI=1S/C18H23NO/c1-6-16-13(2)11-14-9-7-8-10-15(14)12-19(16)17(20)18(3,4)5/h6-13,16H,1H2,2-5H3. The number of rotatable bonds is 1. The molecule has 0 spiro atoms. The number of fused-ring (bicyclic) bond motifs is 1. The molecule has 0 bridgehead atoms. The SMILES string of the molecule is C=CC1C(C)C=c2ccccc2=CN1C(=O)C(C)(C)C. The van der Waals surface area contributed by atoms with E-state index in [1.807, 2.05) is 56.1 Å². The minimum atomic E-state index is -0.406. The van der Waals surface area contributed by atoms with Crippen LogP contribution in [0.1, 0.15) is 27.7 Å². The molecule has 2 heteroatoms. The van der Waals surface area contributed by atoms with E-state index in [1.165, 1.54) is 5.22 Å². The number of amides is 1. The number of carbonyl (C=O) groups is 1. The van der Waals surface area contributed by atoms with E-state index in [1.54, 1.807) is 0 Å². The van der Waals surface area contributed by atoms with Gasteiger partial charge in [-0.3, -0.25) is 4.79 Å². The van der Waals surface area contributed by atoms with Crippen molar-refractivity contribution in [2.45, 2.75) is 33.7 Å². The number of carbonyl (C=O) groups excluding carboxylic acids is 1. The molecular weight excluding hydrogens is 246 g/mol. The minimum absolute atomic E-state index is 0.00544. The molecule has 1 heterocycles. The Hall–Kier alpha value is -1.83. The van der Waals surface area contributed by atoms with Crippen LogP contribution in [0.25, 0.3) is 12.3 Å². The van der Waals surface area contributed by atoms with Crippen molar-refractivity contribution in [1.29, 1.82) is 0 Å². The van der Waals surface area contributed by atoms with Crippen molar-refractivity contribution in [2.75, 3.05) is 0 Å². The summed E-state index contributed by atoms with van der Waals surface area (Å²) in [6, 6.07) is 8.16. The Bertz CT molecular complexity index is 636. The highest BCUT2D eigenvalue weighted by atomic mass is 16.2. The topological polar surface area (TPSA) is 20.3 Å². The van der Waals surface area contributed by atoms with Crippen LogP contribution in [0.15, 0.2) is 36.9 Å². The van der Waals surface area contributed by atoms with Crippen LogP contribution < -0.4 is 10.4 Å². The second kappa shape index (κ2) is 5.28. The molecule has 2 rings (SSSR count). The number of hydrogen-bond acceptors (Lipinski definition) is 1. The Labute approximate surface area is 121 Å². The van der Waals surface area contributed by atoms with Crippen molar-refractivity contribution in [1.82, 2.24) is 4.90 Å². The molecule has 1 aliphatic heterocycles. The van der Waals surface area contributed by atoms with E-state index in [0.29, 0.717) is 0 Å². The fourth-order valence-electron chi connectivity index (χ4n) is 2.56. The predicted octanol–water partition coefficient (Wildman–Crippen LogP) is 2.28. The van der Waals surface area contributed by atoms with Gasteiger partial charge in [0.2, 0.25) is 5.91 Å². The van der Waals surface area contributed by atoms with E-state index in [-0.39, 0.29) is 17.9 Å². The number of benzene rings is 1. The Kier molecular flexibility index (Phi) is 3.85. The highest BCUT2D eigenvalue weighted by Crippen LogP contribution is 2.24. The van der Waals surface area contributed by atoms with Crippen LogP contribution in [0.5, 0.6) is 0 Å². The third-order valence-corrected chi connectivity index (χ3v) is 3.69. The van der Waals surface area contributed by atoms with E-state index in [9.17, 15) is 4.79 Å². The summed E-state index contributed by atoms with van der Waals surface area (Å²) in [4.78, 5) is 14.6. The van der Waals surface area contributed by atoms with Gasteiger partial charge in [0.1, 0.15) is 0 Å². The summed E-state index contributed by atoms with van der Waals surface area (Å²) in [5.74, 6) is 0.359. The zero-order valence-corrected chi connectivity index (χ0v) is 12.8. The molecule has 106 valence electrons. The first-order valence-corrected chi connectivity index (χ1v) is 7.08. The molecule has 1 aromatic rings. The minimum Gasteiger partial charge on any atom is -0.311 e. The van der Waals surface area contributed by atoms with Crippen LogP contribution in [0, 0.1) is 11.3 Å². The summed E-state index contributed by atoms with van der Waals surface area (Å²) in [6.07, 6.45) is 6.05. The molecule has 0 aromatic heterocycles. The largest absolute Gasteiger partial charge is 0.311 e. The van der Waals surface area contributed by atoms with E-state index in [0.717, 1.165) is 5.22 Å². The lowest BCUT2D eigenvalue weighted by Gasteiger charge is -2.33. The summed E-state index contributed by atoms with van der Waals surface area (Å²) in [7, 11) is 0. The van der Waals surface area contributed by atoms with Crippen LogP contribution in [0.4, 0.5) is 0 Å². The molecule has 1 amide bonds. The van der Waals surface area contributed by atoms with E-state index in [2.05, 4.69) is 25.6 Å². The highest BCUT2D eigenvalue weighted by Gasteiger charge is 2.32. The average molecular weight is 269 g/mol. The maximum Gasteiger partial charge on any atom is 0.232 e. The zero-order chi connectivity index (χ0) is 14.9. The summed E-state index contributed by atoms with van der Waals surface area (Å²) in [5.41, 5.74) is -0.406. The first-order valence-electron chi connectivity index (χ1n) is 7.08. The van der Waals surface area contributed by atoms with Gasteiger partial charge in [-0.15, -0.1) is 6.58 Å². The summed E-state index contributed by atoms with van der Waals surface area (Å²) < 4.78 is 0. The van der Waals surface area contributed by atoms with Crippen molar-refractivity contribution in [3.8, 4) is 0 Å². The Morgan fingerprint density at radius 3 is 2.40 bits per heavy atom. The van der Waals surface area contributed by atoms with Gasteiger partial charge in [0.15, 0.2) is 0 Å². The first-order chi connectivity index (χ1) is 9.34. The molecule has 1 aliphatic rings. The highest BCUT2D eigenvalue weighted by molar-refractivity contribution is 5.85. The molecule has 0 saturated carbocycles. The normalized spacial score (nSPS) is 22.1. The van der Waals surface area contributed by atoms with E-state index < -0.39 is 5.41 Å². The molecule has 1 aromatic carbocycles. The summed E-state index contributed by atoms with van der Waals surface area (Å²) in [6.45, 7) is 11.9. The van der Waals surface area contributed by atoms with Gasteiger partial charge < -0.3 is 4.90 Å². The molecule has 0 saturated heterocycles. The van der Waals surface area contributed by atoms with Crippen molar-refractivity contribution >= 4 is 18.2 Å². The van der Waals surface area contributed by atoms with Crippen LogP contribution >= 0.6 is 0 Å². The molecule has 2 unspecified atom stereocenters. The van der Waals surface area contributed by atoms with Gasteiger partial charge >= 0.3 is 0 Å². The van der Waals surface area contributed by atoms with Gasteiger partial charge in [0.25, 0.3) is 0 Å². The van der Waals surface area contributed by atoms with Gasteiger partial charge in [0, 0.05) is 11.6 Å². The lowest BCUT2D eigenvalue weighted by Crippen LogP contribution is -2.44. The molecule has 0 fully saturated rings. The summed E-state index contributed by atoms with van der Waals surface area (Å²) >= 11 is 0. The summed E-state index contributed by atoms with van der Waals surface area (Å²) in [5, 5.41) is 2.26. The number of nitrogens with zero attached hydrogens (tertiary/aromatic N) is 1. The maximum absolute atomic E-state index is 12.7. The van der Waals surface area contributed by atoms with Gasteiger partial charge in [0.05, 0.1) is 6.04 Å². The van der Waals surface area contributed by atoms with Crippen molar-refractivity contribution in [3.63, 3.8) is 0 Å². The smallest absolute Gasteiger partial charge is 0.232 e. The lowest BCUT2D eigenvalue weighted by molar-refractivity contribution is -0.137. The van der Waals surface area contributed by atoms with Gasteiger partial charge in [-0.1, -0.05) is 64.1 Å². The lowest BCUT2D eigenvalue weighted by atomic mass is 9.92. The molecule has 2 nitrogen and oxygen atoms in total. The van der Waals surface area contributed by atoms with Gasteiger partial charge in [-0.05, 0) is 16.4 Å². The molecule has 0 N–H and O–H groups in total. The fourth-order valence-corrected chi connectivity index (χ4v) is 2.56. The van der Waals surface area contributed by atoms with Crippen LogP contribution in [-0.2, 0) is 4.79 Å².